The highest BCUT2D eigenvalue weighted by atomic mass is 16.5. The predicted octanol–water partition coefficient (Wildman–Crippen LogP) is 3.58. The van der Waals surface area contributed by atoms with E-state index in [1.807, 2.05) is 48.5 Å². The number of benzene rings is 2. The van der Waals surface area contributed by atoms with Crippen LogP contribution in [0.5, 0.6) is 11.5 Å². The fourth-order valence-electron chi connectivity index (χ4n) is 2.63. The number of ether oxygens (including phenoxy) is 2. The molecule has 3 aromatic rings. The average Bonchev–Trinajstić information content (AvgIpc) is 2.59. The highest BCUT2D eigenvalue weighted by Gasteiger charge is 2.26. The van der Waals surface area contributed by atoms with Gasteiger partial charge in [-0.25, -0.2) is 9.97 Å². The van der Waals surface area contributed by atoms with Crippen LogP contribution in [0.25, 0.3) is 10.9 Å². The maximum absolute atomic E-state index is 5.98. The van der Waals surface area contributed by atoms with E-state index in [2.05, 4.69) is 23.8 Å². The zero-order valence-corrected chi connectivity index (χ0v) is 14.1. The Hall–Kier alpha value is -2.82. The number of hydrogen-bond acceptors (Lipinski definition) is 5. The smallest absolute Gasteiger partial charge is 0.220 e. The fourth-order valence-corrected chi connectivity index (χ4v) is 2.63. The third-order valence-electron chi connectivity index (χ3n) is 3.90. The van der Waals surface area contributed by atoms with Gasteiger partial charge in [0.1, 0.15) is 11.5 Å². The molecule has 0 bridgehead atoms. The van der Waals surface area contributed by atoms with Gasteiger partial charge < -0.3 is 15.2 Å². The molecule has 2 N–H and O–H groups in total. The molecule has 124 valence electrons. The molecule has 2 aromatic carbocycles. The van der Waals surface area contributed by atoms with E-state index in [0.29, 0.717) is 6.61 Å². The maximum Gasteiger partial charge on any atom is 0.220 e. The van der Waals surface area contributed by atoms with E-state index in [1.165, 1.54) is 0 Å². The summed E-state index contributed by atoms with van der Waals surface area (Å²) in [6.07, 6.45) is 0. The van der Waals surface area contributed by atoms with Crippen molar-refractivity contribution in [3.63, 3.8) is 0 Å². The Morgan fingerprint density at radius 1 is 1.00 bits per heavy atom. The molecule has 5 heteroatoms. The van der Waals surface area contributed by atoms with Crippen LogP contribution in [0, 0.1) is 0 Å². The number of para-hydroxylation sites is 1. The van der Waals surface area contributed by atoms with Crippen molar-refractivity contribution in [1.29, 1.82) is 0 Å². The van der Waals surface area contributed by atoms with Crippen LogP contribution >= 0.6 is 0 Å². The van der Waals surface area contributed by atoms with Gasteiger partial charge in [0, 0.05) is 16.9 Å². The Morgan fingerprint density at radius 3 is 2.54 bits per heavy atom. The van der Waals surface area contributed by atoms with Crippen LogP contribution in [0.1, 0.15) is 19.5 Å². The molecule has 24 heavy (non-hydrogen) atoms. The Balaban J connectivity index is 1.90. The first-order valence-electron chi connectivity index (χ1n) is 7.79. The molecule has 0 amide bonds. The van der Waals surface area contributed by atoms with E-state index in [4.69, 9.17) is 15.2 Å². The molecule has 3 rings (SSSR count). The summed E-state index contributed by atoms with van der Waals surface area (Å²) >= 11 is 0. The third-order valence-corrected chi connectivity index (χ3v) is 3.90. The average molecular weight is 323 g/mol. The highest BCUT2D eigenvalue weighted by Crippen LogP contribution is 2.30. The SMILES string of the molecule is COc1cccc(OCC(C)(C)c2nc(N)nc3ccccc23)c1. The third kappa shape index (κ3) is 3.25. The second-order valence-electron chi connectivity index (χ2n) is 6.30. The van der Waals surface area contributed by atoms with E-state index in [-0.39, 0.29) is 11.4 Å². The second kappa shape index (κ2) is 6.35. The van der Waals surface area contributed by atoms with Gasteiger partial charge in [-0.1, -0.05) is 38.1 Å². The van der Waals surface area contributed by atoms with Crippen LogP contribution in [0.3, 0.4) is 0 Å². The fraction of sp³-hybridized carbons (Fsp3) is 0.263. The van der Waals surface area contributed by atoms with Crippen molar-refractivity contribution in [2.75, 3.05) is 19.5 Å². The van der Waals surface area contributed by atoms with Gasteiger partial charge >= 0.3 is 0 Å². The molecule has 0 saturated heterocycles. The first-order valence-corrected chi connectivity index (χ1v) is 7.79. The summed E-state index contributed by atoms with van der Waals surface area (Å²) in [4.78, 5) is 8.78. The second-order valence-corrected chi connectivity index (χ2v) is 6.30. The number of fused-ring (bicyclic) bond motifs is 1. The molecule has 1 heterocycles. The largest absolute Gasteiger partial charge is 0.497 e. The number of nitrogens with two attached hydrogens (primary N) is 1. The van der Waals surface area contributed by atoms with Gasteiger partial charge in [-0.2, -0.15) is 0 Å². The number of anilines is 1. The van der Waals surface area contributed by atoms with Crippen molar-refractivity contribution >= 4 is 16.9 Å². The van der Waals surface area contributed by atoms with E-state index in [9.17, 15) is 0 Å². The van der Waals surface area contributed by atoms with E-state index >= 15 is 0 Å². The molecule has 5 nitrogen and oxygen atoms in total. The van der Waals surface area contributed by atoms with Gasteiger partial charge in [-0.05, 0) is 18.2 Å². The first kappa shape index (κ1) is 16.1. The number of nitrogens with zero attached hydrogens (tertiary/aromatic N) is 2. The first-order chi connectivity index (χ1) is 11.5. The Morgan fingerprint density at radius 2 is 1.75 bits per heavy atom. The van der Waals surface area contributed by atoms with Crippen molar-refractivity contribution < 1.29 is 9.47 Å². The molecule has 0 unspecified atom stereocenters. The van der Waals surface area contributed by atoms with Crippen LogP contribution in [0.4, 0.5) is 5.95 Å². The molecular formula is C19H21N3O2. The minimum absolute atomic E-state index is 0.276. The molecular weight excluding hydrogens is 302 g/mol. The lowest BCUT2D eigenvalue weighted by Crippen LogP contribution is -2.28. The van der Waals surface area contributed by atoms with Crippen LogP contribution in [0.15, 0.2) is 48.5 Å². The van der Waals surface area contributed by atoms with E-state index in [0.717, 1.165) is 28.1 Å². The molecule has 0 radical (unpaired) electrons. The van der Waals surface area contributed by atoms with Crippen molar-refractivity contribution in [1.82, 2.24) is 9.97 Å². The molecule has 0 aliphatic rings. The Bertz CT molecular complexity index is 862. The number of rotatable bonds is 5. The van der Waals surface area contributed by atoms with Crippen molar-refractivity contribution in [3.8, 4) is 11.5 Å². The summed E-state index contributed by atoms with van der Waals surface area (Å²) in [5.41, 5.74) is 7.28. The van der Waals surface area contributed by atoms with Gasteiger partial charge in [-0.3, -0.25) is 0 Å². The van der Waals surface area contributed by atoms with Gasteiger partial charge in [0.2, 0.25) is 5.95 Å². The summed E-state index contributed by atoms with van der Waals surface area (Å²) in [5.74, 6) is 1.80. The zero-order chi connectivity index (χ0) is 17.2. The van der Waals surface area contributed by atoms with Gasteiger partial charge in [0.25, 0.3) is 0 Å². The van der Waals surface area contributed by atoms with Crippen LogP contribution in [-0.4, -0.2) is 23.7 Å². The molecule has 0 fully saturated rings. The molecule has 1 aromatic heterocycles. The molecule has 0 aliphatic heterocycles. The van der Waals surface area contributed by atoms with E-state index < -0.39 is 0 Å². The van der Waals surface area contributed by atoms with Gasteiger partial charge in [0.15, 0.2) is 0 Å². The number of hydrogen-bond donors (Lipinski definition) is 1. The lowest BCUT2D eigenvalue weighted by atomic mass is 9.87. The number of methoxy groups -OCH3 is 1. The lowest BCUT2D eigenvalue weighted by Gasteiger charge is -2.25. The predicted molar refractivity (Wildman–Crippen MR) is 95.5 cm³/mol. The minimum atomic E-state index is -0.334. The minimum Gasteiger partial charge on any atom is -0.497 e. The maximum atomic E-state index is 5.98. The quantitative estimate of drug-likeness (QED) is 0.777. The standard InChI is InChI=1S/C19H21N3O2/c1-19(2,12-24-14-8-6-7-13(11-14)23-3)17-15-9-4-5-10-16(15)21-18(20)22-17/h4-11H,12H2,1-3H3,(H2,20,21,22). The summed E-state index contributed by atoms with van der Waals surface area (Å²) < 4.78 is 11.2. The number of nitrogen functional groups attached to an aromatic ring is 1. The summed E-state index contributed by atoms with van der Waals surface area (Å²) in [6.45, 7) is 4.63. The topological polar surface area (TPSA) is 70.3 Å². The zero-order valence-electron chi connectivity index (χ0n) is 14.1. The van der Waals surface area contributed by atoms with Crippen LogP contribution in [-0.2, 0) is 5.41 Å². The normalized spacial score (nSPS) is 11.5. The monoisotopic (exact) mass is 323 g/mol. The Labute approximate surface area is 141 Å². The molecule has 0 aliphatic carbocycles. The summed E-state index contributed by atoms with van der Waals surface area (Å²) in [6, 6.07) is 15.4. The molecule has 0 atom stereocenters. The molecule has 0 spiro atoms. The number of aromatic nitrogens is 2. The lowest BCUT2D eigenvalue weighted by molar-refractivity contribution is 0.237. The van der Waals surface area contributed by atoms with Crippen LogP contribution in [0.2, 0.25) is 0 Å². The van der Waals surface area contributed by atoms with Crippen molar-refractivity contribution in [2.45, 2.75) is 19.3 Å². The van der Waals surface area contributed by atoms with Crippen molar-refractivity contribution in [3.05, 3.63) is 54.2 Å². The highest BCUT2D eigenvalue weighted by molar-refractivity contribution is 5.82. The van der Waals surface area contributed by atoms with Crippen molar-refractivity contribution in [2.24, 2.45) is 0 Å². The van der Waals surface area contributed by atoms with Gasteiger partial charge in [-0.15, -0.1) is 0 Å². The van der Waals surface area contributed by atoms with E-state index in [1.54, 1.807) is 7.11 Å². The Kier molecular flexibility index (Phi) is 4.25. The van der Waals surface area contributed by atoms with Crippen LogP contribution < -0.4 is 15.2 Å². The summed E-state index contributed by atoms with van der Waals surface area (Å²) in [5, 5.41) is 0.992. The van der Waals surface area contributed by atoms with Gasteiger partial charge in [0.05, 0.1) is 24.9 Å². The summed E-state index contributed by atoms with van der Waals surface area (Å²) in [7, 11) is 1.64. The molecule has 0 saturated carbocycles.